The first-order chi connectivity index (χ1) is 11.8. The molecule has 8 bridgehead atoms. The molecule has 2 N–H and O–H groups in total. The number of H-pyrrole nitrogens is 2. The molecule has 3 aromatic heterocycles. The summed E-state index contributed by atoms with van der Waals surface area (Å²) < 4.78 is 0. The summed E-state index contributed by atoms with van der Waals surface area (Å²) in [5.41, 5.74) is 7.86. The van der Waals surface area contributed by atoms with Crippen molar-refractivity contribution in [3.05, 3.63) is 71.3 Å². The summed E-state index contributed by atoms with van der Waals surface area (Å²) in [6.07, 6.45) is 8.09. The van der Waals surface area contributed by atoms with Gasteiger partial charge in [-0.1, -0.05) is 0 Å². The summed E-state index contributed by atoms with van der Waals surface area (Å²) >= 11 is 0. The van der Waals surface area contributed by atoms with Crippen LogP contribution in [0.25, 0.3) is 46.4 Å². The van der Waals surface area contributed by atoms with Crippen LogP contribution in [0.1, 0.15) is 22.8 Å². The molecule has 27 heavy (non-hydrogen) atoms. The maximum absolute atomic E-state index is 4.63. The standard InChI is InChI=1S/C20H14N4.2ClH.Fe/c1-2-14-10-16-5-6-18(23-16)12-20-8-7-19(24-20)11-17-4-3-15(22-17)9-13(1)21-14;;;/h1-12,21,24H;2*1H;/q;;;+2/p-2. The summed E-state index contributed by atoms with van der Waals surface area (Å²) in [5, 5.41) is 0. The molecule has 0 amide bonds. The topological polar surface area (TPSA) is 57.4 Å². The van der Waals surface area contributed by atoms with Crippen molar-refractivity contribution in [3.63, 3.8) is 0 Å². The van der Waals surface area contributed by atoms with Crippen LogP contribution in [0.5, 0.6) is 0 Å². The Morgan fingerprint density at radius 1 is 0.481 bits per heavy atom. The van der Waals surface area contributed by atoms with Crippen LogP contribution in [0.15, 0.2) is 48.5 Å². The number of hydrogen-bond acceptors (Lipinski definition) is 2. The number of fused-ring (bicyclic) bond motifs is 8. The Labute approximate surface area is 179 Å². The fourth-order valence-electron chi connectivity index (χ4n) is 2.94. The van der Waals surface area contributed by atoms with Crippen LogP contribution < -0.4 is 24.8 Å². The van der Waals surface area contributed by atoms with Gasteiger partial charge in [-0.2, -0.15) is 0 Å². The third-order valence-electron chi connectivity index (χ3n) is 4.04. The molecule has 0 fully saturated rings. The molecule has 0 aliphatic carbocycles. The quantitative estimate of drug-likeness (QED) is 0.295. The van der Waals surface area contributed by atoms with Gasteiger partial charge in [0.2, 0.25) is 0 Å². The van der Waals surface area contributed by atoms with Gasteiger partial charge in [0.05, 0.1) is 22.8 Å². The second-order valence-corrected chi connectivity index (χ2v) is 5.91. The van der Waals surface area contributed by atoms with Crippen molar-refractivity contribution >= 4 is 46.4 Å². The zero-order valence-electron chi connectivity index (χ0n) is 13.9. The molecule has 0 spiro atoms. The minimum absolute atomic E-state index is 0. The van der Waals surface area contributed by atoms with Gasteiger partial charge < -0.3 is 34.8 Å². The number of halogens is 2. The zero-order valence-corrected chi connectivity index (χ0v) is 16.5. The van der Waals surface area contributed by atoms with E-state index in [-0.39, 0.29) is 41.9 Å². The van der Waals surface area contributed by atoms with Crippen LogP contribution in [0.3, 0.4) is 0 Å². The number of hydrogen-bond donors (Lipinski definition) is 2. The first kappa shape index (κ1) is 21.0. The van der Waals surface area contributed by atoms with E-state index < -0.39 is 0 Å². The molecule has 0 saturated carbocycles. The number of rotatable bonds is 0. The Hall–Kier alpha value is -2.30. The van der Waals surface area contributed by atoms with E-state index in [4.69, 9.17) is 0 Å². The molecule has 3 aromatic rings. The Bertz CT molecular complexity index is 1000. The van der Waals surface area contributed by atoms with Gasteiger partial charge in [0, 0.05) is 22.1 Å². The van der Waals surface area contributed by atoms with Crippen LogP contribution in [-0.2, 0) is 17.1 Å². The summed E-state index contributed by atoms with van der Waals surface area (Å²) in [4.78, 5) is 16.0. The summed E-state index contributed by atoms with van der Waals surface area (Å²) in [6.45, 7) is 0. The minimum Gasteiger partial charge on any atom is -1.00 e. The van der Waals surface area contributed by atoms with Gasteiger partial charge in [0.15, 0.2) is 0 Å². The fraction of sp³-hybridized carbons (Fsp3) is 0. The first-order valence-electron chi connectivity index (χ1n) is 7.85. The van der Waals surface area contributed by atoms with Gasteiger partial charge in [-0.25, -0.2) is 9.97 Å². The van der Waals surface area contributed by atoms with E-state index in [1.807, 2.05) is 48.6 Å². The normalized spacial score (nSPS) is 11.3. The average molecular weight is 437 g/mol. The Morgan fingerprint density at radius 3 is 1.00 bits per heavy atom. The minimum atomic E-state index is 0. The molecule has 5 heterocycles. The Balaban J connectivity index is 0.000000871. The molecule has 0 aromatic carbocycles. The van der Waals surface area contributed by atoms with Crippen molar-refractivity contribution in [2.75, 3.05) is 0 Å². The summed E-state index contributed by atoms with van der Waals surface area (Å²) in [5.74, 6) is 0. The molecular weight excluding hydrogens is 423 g/mol. The Kier molecular flexibility index (Phi) is 6.68. The molecule has 7 heteroatoms. The fourth-order valence-corrected chi connectivity index (χ4v) is 2.94. The van der Waals surface area contributed by atoms with E-state index in [1.54, 1.807) is 0 Å². The number of nitrogens with one attached hydrogen (secondary N) is 2. The third-order valence-corrected chi connectivity index (χ3v) is 4.04. The van der Waals surface area contributed by atoms with Crippen molar-refractivity contribution in [1.29, 1.82) is 0 Å². The maximum Gasteiger partial charge on any atom is 2.00 e. The second-order valence-electron chi connectivity index (χ2n) is 5.91. The van der Waals surface area contributed by atoms with Crippen molar-refractivity contribution in [2.24, 2.45) is 0 Å². The van der Waals surface area contributed by atoms with E-state index in [0.717, 1.165) is 44.8 Å². The predicted octanol–water partition coefficient (Wildman–Crippen LogP) is -1.34. The third kappa shape index (κ3) is 4.52. The molecule has 136 valence electrons. The molecule has 4 nitrogen and oxygen atoms in total. The van der Waals surface area contributed by atoms with Gasteiger partial charge >= 0.3 is 17.1 Å². The van der Waals surface area contributed by atoms with Crippen LogP contribution in [0, 0.1) is 0 Å². The van der Waals surface area contributed by atoms with E-state index in [2.05, 4.69) is 44.2 Å². The van der Waals surface area contributed by atoms with Crippen LogP contribution in [0.2, 0.25) is 0 Å². The largest absolute Gasteiger partial charge is 2.00 e. The van der Waals surface area contributed by atoms with Crippen molar-refractivity contribution < 1.29 is 41.9 Å². The molecular formula is C20H14Cl2FeN4. The number of aromatic nitrogens is 4. The molecule has 0 unspecified atom stereocenters. The van der Waals surface area contributed by atoms with Gasteiger partial charge in [-0.15, -0.1) is 0 Å². The van der Waals surface area contributed by atoms with E-state index >= 15 is 0 Å². The van der Waals surface area contributed by atoms with E-state index in [9.17, 15) is 0 Å². The summed E-state index contributed by atoms with van der Waals surface area (Å²) in [7, 11) is 0. The zero-order chi connectivity index (χ0) is 15.9. The van der Waals surface area contributed by atoms with Crippen molar-refractivity contribution in [3.8, 4) is 0 Å². The van der Waals surface area contributed by atoms with Crippen LogP contribution in [-0.4, -0.2) is 19.9 Å². The maximum atomic E-state index is 4.63. The van der Waals surface area contributed by atoms with Gasteiger partial charge in [0.1, 0.15) is 0 Å². The van der Waals surface area contributed by atoms with Crippen LogP contribution in [0.4, 0.5) is 0 Å². The average Bonchev–Trinajstić information content (AvgIpc) is 3.32. The van der Waals surface area contributed by atoms with Gasteiger partial charge in [0.25, 0.3) is 0 Å². The molecule has 2 aliphatic rings. The smallest absolute Gasteiger partial charge is 1.00 e. The van der Waals surface area contributed by atoms with Crippen LogP contribution >= 0.6 is 0 Å². The second kappa shape index (κ2) is 8.59. The number of aromatic amines is 2. The SMILES string of the molecule is C1=Cc2cc3ccc(cc4nc(cc5ccc(cc1n2)[nH]5)C=C4)[nH]3.[Cl-].[Cl-].[Fe+2]. The monoisotopic (exact) mass is 436 g/mol. The van der Waals surface area contributed by atoms with Crippen molar-refractivity contribution in [1.82, 2.24) is 19.9 Å². The Morgan fingerprint density at radius 2 is 0.741 bits per heavy atom. The molecule has 2 aliphatic heterocycles. The van der Waals surface area contributed by atoms with Crippen molar-refractivity contribution in [2.45, 2.75) is 0 Å². The molecule has 0 atom stereocenters. The molecule has 5 rings (SSSR count). The predicted molar refractivity (Wildman–Crippen MR) is 98.9 cm³/mol. The molecule has 0 saturated heterocycles. The van der Waals surface area contributed by atoms with Gasteiger partial charge in [-0.05, 0) is 72.8 Å². The van der Waals surface area contributed by atoms with E-state index in [1.165, 1.54) is 0 Å². The first-order valence-corrected chi connectivity index (χ1v) is 7.85. The number of nitrogens with zero attached hydrogens (tertiary/aromatic N) is 2. The van der Waals surface area contributed by atoms with Gasteiger partial charge in [-0.3, -0.25) is 0 Å². The van der Waals surface area contributed by atoms with E-state index in [0.29, 0.717) is 0 Å². The molecule has 0 radical (unpaired) electrons. The summed E-state index contributed by atoms with van der Waals surface area (Å²) in [6, 6.07) is 16.4.